The largest absolute Gasteiger partial charge is 0.467 e. The van der Waals surface area contributed by atoms with E-state index >= 15 is 0 Å². The molecule has 0 radical (unpaired) electrons. The molecule has 1 aliphatic rings. The number of esters is 1. The molecule has 1 N–H and O–H groups in total. The molecular weight excluding hydrogens is 446 g/mol. The van der Waals surface area contributed by atoms with Crippen LogP contribution < -0.4 is 5.32 Å². The Morgan fingerprint density at radius 3 is 2.48 bits per heavy atom. The number of benzene rings is 2. The SMILES string of the molecule is CC(=O)Nc1ccc(C(=O)OCC(=O)N2N=C(c3ccc(Cl)cc3)CC2c2ccco2)cc1. The second kappa shape index (κ2) is 9.70. The molecule has 0 bridgehead atoms. The first-order valence-corrected chi connectivity index (χ1v) is 10.5. The number of nitrogens with one attached hydrogen (secondary N) is 1. The van der Waals surface area contributed by atoms with Crippen LogP contribution in [-0.4, -0.2) is 35.1 Å². The smallest absolute Gasteiger partial charge is 0.338 e. The van der Waals surface area contributed by atoms with E-state index in [4.69, 9.17) is 20.8 Å². The van der Waals surface area contributed by atoms with E-state index in [9.17, 15) is 14.4 Å². The number of furan rings is 1. The number of amides is 2. The van der Waals surface area contributed by atoms with Gasteiger partial charge in [0.1, 0.15) is 11.8 Å². The molecule has 1 aromatic heterocycles. The average Bonchev–Trinajstić information content (AvgIpc) is 3.48. The Morgan fingerprint density at radius 2 is 1.85 bits per heavy atom. The maximum absolute atomic E-state index is 12.9. The highest BCUT2D eigenvalue weighted by Crippen LogP contribution is 2.33. The van der Waals surface area contributed by atoms with E-state index in [1.807, 2.05) is 12.1 Å². The van der Waals surface area contributed by atoms with Crippen molar-refractivity contribution >= 4 is 40.8 Å². The van der Waals surface area contributed by atoms with Gasteiger partial charge in [0.05, 0.1) is 17.5 Å². The Kier molecular flexibility index (Phi) is 6.55. The van der Waals surface area contributed by atoms with E-state index in [-0.39, 0.29) is 11.5 Å². The second-order valence-corrected chi connectivity index (χ2v) is 7.80. The van der Waals surface area contributed by atoms with Crippen molar-refractivity contribution < 1.29 is 23.5 Å². The molecule has 1 aliphatic heterocycles. The summed E-state index contributed by atoms with van der Waals surface area (Å²) in [6.45, 7) is 0.907. The topological polar surface area (TPSA) is 101 Å². The highest BCUT2D eigenvalue weighted by molar-refractivity contribution is 6.30. The zero-order valence-corrected chi connectivity index (χ0v) is 18.4. The van der Waals surface area contributed by atoms with Gasteiger partial charge in [-0.05, 0) is 54.1 Å². The standard InChI is InChI=1S/C24H20ClN3O5/c1-15(29)26-19-10-6-17(7-11-19)24(31)33-14-23(30)28-21(22-3-2-12-32-22)13-20(27-28)16-4-8-18(25)9-5-16/h2-12,21H,13-14H2,1H3,(H,26,29). The minimum atomic E-state index is -0.659. The molecule has 9 heteroatoms. The van der Waals surface area contributed by atoms with Crippen molar-refractivity contribution in [3.8, 4) is 0 Å². The fraction of sp³-hybridized carbons (Fsp3) is 0.167. The molecule has 0 aliphatic carbocycles. The maximum Gasteiger partial charge on any atom is 0.338 e. The molecular formula is C24H20ClN3O5. The summed E-state index contributed by atoms with van der Waals surface area (Å²) in [7, 11) is 0. The van der Waals surface area contributed by atoms with Crippen LogP contribution in [0.1, 0.15) is 41.1 Å². The van der Waals surface area contributed by atoms with Gasteiger partial charge in [0.15, 0.2) is 6.61 Å². The number of nitrogens with zero attached hydrogens (tertiary/aromatic N) is 2. The molecule has 2 amide bonds. The van der Waals surface area contributed by atoms with Gasteiger partial charge in [-0.3, -0.25) is 9.59 Å². The Labute approximate surface area is 194 Å². The van der Waals surface area contributed by atoms with Gasteiger partial charge in [-0.1, -0.05) is 23.7 Å². The van der Waals surface area contributed by atoms with Gasteiger partial charge in [0, 0.05) is 24.1 Å². The summed E-state index contributed by atoms with van der Waals surface area (Å²) in [5.41, 5.74) is 2.34. The van der Waals surface area contributed by atoms with Crippen LogP contribution in [0, 0.1) is 0 Å². The highest BCUT2D eigenvalue weighted by Gasteiger charge is 2.35. The van der Waals surface area contributed by atoms with Gasteiger partial charge in [-0.2, -0.15) is 5.10 Å². The first kappa shape index (κ1) is 22.3. The van der Waals surface area contributed by atoms with Crippen molar-refractivity contribution in [3.63, 3.8) is 0 Å². The van der Waals surface area contributed by atoms with Crippen molar-refractivity contribution in [2.75, 3.05) is 11.9 Å². The molecule has 2 aromatic carbocycles. The van der Waals surface area contributed by atoms with Crippen molar-refractivity contribution in [3.05, 3.63) is 88.8 Å². The van der Waals surface area contributed by atoms with Gasteiger partial charge in [0.2, 0.25) is 5.91 Å². The minimum absolute atomic E-state index is 0.217. The molecule has 0 spiro atoms. The predicted octanol–water partition coefficient (Wildman–Crippen LogP) is 4.43. The molecule has 8 nitrogen and oxygen atoms in total. The number of hydrogen-bond donors (Lipinski definition) is 1. The number of carbonyl (C=O) groups excluding carboxylic acids is 3. The fourth-order valence-corrected chi connectivity index (χ4v) is 3.56. The monoisotopic (exact) mass is 465 g/mol. The molecule has 1 atom stereocenters. The average molecular weight is 466 g/mol. The molecule has 0 fully saturated rings. The highest BCUT2D eigenvalue weighted by atomic mass is 35.5. The van der Waals surface area contributed by atoms with Crippen LogP contribution in [0.5, 0.6) is 0 Å². The summed E-state index contributed by atoms with van der Waals surface area (Å²) >= 11 is 5.97. The van der Waals surface area contributed by atoms with E-state index in [1.165, 1.54) is 30.3 Å². The Bertz CT molecular complexity index is 1190. The molecule has 168 valence electrons. The van der Waals surface area contributed by atoms with Crippen LogP contribution in [0.3, 0.4) is 0 Å². The number of carbonyl (C=O) groups is 3. The van der Waals surface area contributed by atoms with Crippen LogP contribution in [-0.2, 0) is 14.3 Å². The summed E-state index contributed by atoms with van der Waals surface area (Å²) in [5.74, 6) is -0.779. The number of ether oxygens (including phenoxy) is 1. The Morgan fingerprint density at radius 1 is 1.12 bits per heavy atom. The van der Waals surface area contributed by atoms with Gasteiger partial charge in [-0.25, -0.2) is 9.80 Å². The van der Waals surface area contributed by atoms with E-state index < -0.39 is 24.5 Å². The third kappa shape index (κ3) is 5.30. The number of hydrogen-bond acceptors (Lipinski definition) is 6. The Hall–Kier alpha value is -3.91. The lowest BCUT2D eigenvalue weighted by Gasteiger charge is -2.19. The normalized spacial score (nSPS) is 15.2. The van der Waals surface area contributed by atoms with Crippen LogP contribution in [0.2, 0.25) is 5.02 Å². The van der Waals surface area contributed by atoms with Gasteiger partial charge >= 0.3 is 5.97 Å². The molecule has 3 aromatic rings. The summed E-state index contributed by atoms with van der Waals surface area (Å²) in [5, 5.41) is 8.98. The number of anilines is 1. The third-order valence-electron chi connectivity index (χ3n) is 4.98. The third-order valence-corrected chi connectivity index (χ3v) is 5.23. The zero-order chi connectivity index (χ0) is 23.4. The number of rotatable bonds is 6. The lowest BCUT2D eigenvalue weighted by molar-refractivity contribution is -0.136. The second-order valence-electron chi connectivity index (χ2n) is 7.36. The van der Waals surface area contributed by atoms with Gasteiger partial charge in [-0.15, -0.1) is 0 Å². The lowest BCUT2D eigenvalue weighted by Crippen LogP contribution is -2.31. The molecule has 33 heavy (non-hydrogen) atoms. The molecule has 0 saturated carbocycles. The predicted molar refractivity (Wildman–Crippen MR) is 122 cm³/mol. The van der Waals surface area contributed by atoms with Gasteiger partial charge in [0.25, 0.3) is 5.91 Å². The Balaban J connectivity index is 1.45. The molecule has 4 rings (SSSR count). The first-order chi connectivity index (χ1) is 15.9. The van der Waals surface area contributed by atoms with Gasteiger partial charge < -0.3 is 14.5 Å². The van der Waals surface area contributed by atoms with E-state index in [0.29, 0.717) is 28.6 Å². The van der Waals surface area contributed by atoms with Crippen LogP contribution in [0.25, 0.3) is 0 Å². The maximum atomic E-state index is 12.9. The minimum Gasteiger partial charge on any atom is -0.467 e. The van der Waals surface area contributed by atoms with Crippen LogP contribution in [0.4, 0.5) is 5.69 Å². The molecule has 2 heterocycles. The molecule has 0 saturated heterocycles. The fourth-order valence-electron chi connectivity index (χ4n) is 3.43. The van der Waals surface area contributed by atoms with E-state index in [2.05, 4.69) is 10.4 Å². The van der Waals surface area contributed by atoms with E-state index in [1.54, 1.807) is 36.4 Å². The zero-order valence-electron chi connectivity index (χ0n) is 17.7. The van der Waals surface area contributed by atoms with Crippen LogP contribution in [0.15, 0.2) is 76.4 Å². The van der Waals surface area contributed by atoms with E-state index in [0.717, 1.165) is 5.56 Å². The quantitative estimate of drug-likeness (QED) is 0.543. The first-order valence-electron chi connectivity index (χ1n) is 10.1. The van der Waals surface area contributed by atoms with Crippen LogP contribution >= 0.6 is 11.6 Å². The summed E-state index contributed by atoms with van der Waals surface area (Å²) in [6.07, 6.45) is 1.97. The van der Waals surface area contributed by atoms with Crippen molar-refractivity contribution in [1.82, 2.24) is 5.01 Å². The number of halogens is 1. The van der Waals surface area contributed by atoms with Crippen molar-refractivity contribution in [1.29, 1.82) is 0 Å². The summed E-state index contributed by atoms with van der Waals surface area (Å²) in [6, 6.07) is 16.4. The van der Waals surface area contributed by atoms with Crippen molar-refractivity contribution in [2.24, 2.45) is 5.10 Å². The molecule has 1 unspecified atom stereocenters. The number of hydrazone groups is 1. The summed E-state index contributed by atoms with van der Waals surface area (Å²) < 4.78 is 10.7. The lowest BCUT2D eigenvalue weighted by atomic mass is 10.0. The summed E-state index contributed by atoms with van der Waals surface area (Å²) in [4.78, 5) is 36.4. The van der Waals surface area contributed by atoms with Crippen molar-refractivity contribution in [2.45, 2.75) is 19.4 Å².